The Balaban J connectivity index is 1.93. The first-order valence-corrected chi connectivity index (χ1v) is 5.32. The van der Waals surface area contributed by atoms with Crippen molar-refractivity contribution in [2.24, 2.45) is 5.92 Å². The van der Waals surface area contributed by atoms with Gasteiger partial charge in [0.2, 0.25) is 0 Å². The summed E-state index contributed by atoms with van der Waals surface area (Å²) in [5.41, 5.74) is 1.23. The molecule has 1 aromatic rings. The van der Waals surface area contributed by atoms with E-state index in [4.69, 9.17) is 4.74 Å². The lowest BCUT2D eigenvalue weighted by molar-refractivity contribution is -0.0548. The van der Waals surface area contributed by atoms with Crippen molar-refractivity contribution in [3.8, 4) is 5.75 Å². The molecule has 2 unspecified atom stereocenters. The van der Waals surface area contributed by atoms with Gasteiger partial charge in [0.25, 0.3) is 0 Å². The van der Waals surface area contributed by atoms with Gasteiger partial charge < -0.3 is 10.1 Å². The second-order valence-corrected chi connectivity index (χ2v) is 4.46. The molecular weight excluding hydrogens is 174 g/mol. The molecule has 1 heterocycles. The zero-order chi connectivity index (χ0) is 9.60. The highest BCUT2D eigenvalue weighted by molar-refractivity contribution is 5.58. The van der Waals surface area contributed by atoms with Crippen LogP contribution >= 0.6 is 0 Å². The Morgan fingerprint density at radius 3 is 3.00 bits per heavy atom. The zero-order valence-electron chi connectivity index (χ0n) is 8.42. The van der Waals surface area contributed by atoms with Crippen LogP contribution in [-0.2, 0) is 0 Å². The van der Waals surface area contributed by atoms with Crippen molar-refractivity contribution < 1.29 is 4.74 Å². The van der Waals surface area contributed by atoms with Crippen LogP contribution in [0.5, 0.6) is 5.75 Å². The molecule has 74 valence electrons. The first kappa shape index (κ1) is 8.16. The fourth-order valence-electron chi connectivity index (χ4n) is 2.37. The number of rotatable bonds is 0. The van der Waals surface area contributed by atoms with Crippen molar-refractivity contribution in [2.75, 3.05) is 11.9 Å². The number of fused-ring (bicyclic) bond motifs is 1. The largest absolute Gasteiger partial charge is 0.483 e. The first-order chi connectivity index (χ1) is 6.80. The van der Waals surface area contributed by atoms with Crippen LogP contribution in [0.4, 0.5) is 5.69 Å². The molecule has 1 fully saturated rings. The number of anilines is 1. The molecule has 1 aliphatic carbocycles. The monoisotopic (exact) mass is 189 g/mol. The molecule has 2 atom stereocenters. The van der Waals surface area contributed by atoms with Gasteiger partial charge in [-0.1, -0.05) is 19.1 Å². The van der Waals surface area contributed by atoms with Crippen molar-refractivity contribution in [1.82, 2.24) is 0 Å². The van der Waals surface area contributed by atoms with Crippen molar-refractivity contribution in [3.05, 3.63) is 24.3 Å². The maximum Gasteiger partial charge on any atom is 0.143 e. The van der Waals surface area contributed by atoms with Gasteiger partial charge in [-0.3, -0.25) is 0 Å². The van der Waals surface area contributed by atoms with Gasteiger partial charge >= 0.3 is 0 Å². The third kappa shape index (κ3) is 0.969. The van der Waals surface area contributed by atoms with Crippen LogP contribution in [0.2, 0.25) is 0 Å². The summed E-state index contributed by atoms with van der Waals surface area (Å²) in [5, 5.41) is 3.46. The Morgan fingerprint density at radius 1 is 1.43 bits per heavy atom. The number of nitrogens with one attached hydrogen (secondary N) is 1. The van der Waals surface area contributed by atoms with E-state index in [1.807, 2.05) is 18.2 Å². The minimum Gasteiger partial charge on any atom is -0.483 e. The topological polar surface area (TPSA) is 21.3 Å². The molecule has 0 bridgehead atoms. The molecule has 1 spiro atoms. The summed E-state index contributed by atoms with van der Waals surface area (Å²) in [6, 6.07) is 8.19. The molecule has 1 aromatic carbocycles. The van der Waals surface area contributed by atoms with Crippen molar-refractivity contribution in [2.45, 2.75) is 25.4 Å². The van der Waals surface area contributed by atoms with Gasteiger partial charge in [0, 0.05) is 0 Å². The van der Waals surface area contributed by atoms with E-state index < -0.39 is 0 Å². The Hall–Kier alpha value is -1.18. The zero-order valence-corrected chi connectivity index (χ0v) is 8.42. The lowest BCUT2D eigenvalue weighted by Crippen LogP contribution is -2.57. The molecule has 1 N–H and O–H groups in total. The summed E-state index contributed by atoms with van der Waals surface area (Å²) in [6.45, 7) is 3.24. The van der Waals surface area contributed by atoms with Crippen molar-refractivity contribution >= 4 is 5.69 Å². The van der Waals surface area contributed by atoms with Crippen LogP contribution in [0.3, 0.4) is 0 Å². The highest BCUT2D eigenvalue weighted by atomic mass is 16.5. The molecule has 2 aliphatic rings. The average Bonchev–Trinajstić information content (AvgIpc) is 2.26. The third-order valence-corrected chi connectivity index (χ3v) is 3.68. The Bertz CT molecular complexity index is 363. The van der Waals surface area contributed by atoms with Gasteiger partial charge in [0.1, 0.15) is 11.4 Å². The molecule has 0 amide bonds. The van der Waals surface area contributed by atoms with E-state index in [0.717, 1.165) is 18.0 Å². The lowest BCUT2D eigenvalue weighted by atomic mass is 9.69. The van der Waals surface area contributed by atoms with Crippen LogP contribution in [0.1, 0.15) is 19.8 Å². The average molecular weight is 189 g/mol. The second-order valence-electron chi connectivity index (χ2n) is 4.46. The van der Waals surface area contributed by atoms with Gasteiger partial charge in [0.05, 0.1) is 12.2 Å². The van der Waals surface area contributed by atoms with E-state index >= 15 is 0 Å². The second kappa shape index (κ2) is 2.66. The van der Waals surface area contributed by atoms with Crippen LogP contribution in [0, 0.1) is 5.92 Å². The Morgan fingerprint density at radius 2 is 2.29 bits per heavy atom. The SMILES string of the molecule is CC1CCC12CNc1ccccc1O2. The number of benzene rings is 1. The van der Waals surface area contributed by atoms with E-state index in [2.05, 4.69) is 18.3 Å². The van der Waals surface area contributed by atoms with E-state index in [1.54, 1.807) is 0 Å². The molecule has 2 nitrogen and oxygen atoms in total. The predicted molar refractivity (Wildman–Crippen MR) is 56.7 cm³/mol. The molecule has 0 aromatic heterocycles. The van der Waals surface area contributed by atoms with E-state index in [-0.39, 0.29) is 5.60 Å². The maximum atomic E-state index is 6.11. The van der Waals surface area contributed by atoms with Gasteiger partial charge in [-0.2, -0.15) is 0 Å². The maximum absolute atomic E-state index is 6.11. The number of para-hydroxylation sites is 2. The third-order valence-electron chi connectivity index (χ3n) is 3.68. The predicted octanol–water partition coefficient (Wildman–Crippen LogP) is 2.66. The van der Waals surface area contributed by atoms with Crippen LogP contribution < -0.4 is 10.1 Å². The summed E-state index contributed by atoms with van der Waals surface area (Å²) < 4.78 is 6.11. The normalized spacial score (nSPS) is 33.9. The highest BCUT2D eigenvalue weighted by Gasteiger charge is 2.48. The Kier molecular flexibility index (Phi) is 1.55. The van der Waals surface area contributed by atoms with Crippen molar-refractivity contribution in [3.63, 3.8) is 0 Å². The van der Waals surface area contributed by atoms with Gasteiger partial charge in [-0.25, -0.2) is 0 Å². The summed E-state index contributed by atoms with van der Waals surface area (Å²) >= 11 is 0. The Labute approximate surface area is 84.3 Å². The number of hydrogen-bond acceptors (Lipinski definition) is 2. The summed E-state index contributed by atoms with van der Waals surface area (Å²) in [4.78, 5) is 0. The van der Waals surface area contributed by atoms with E-state index in [1.165, 1.54) is 12.8 Å². The quantitative estimate of drug-likeness (QED) is 0.677. The molecule has 1 aliphatic heterocycles. The minimum absolute atomic E-state index is 0.0916. The lowest BCUT2D eigenvalue weighted by Gasteiger charge is -2.50. The van der Waals surface area contributed by atoms with Crippen LogP contribution in [-0.4, -0.2) is 12.1 Å². The fourth-order valence-corrected chi connectivity index (χ4v) is 2.37. The van der Waals surface area contributed by atoms with E-state index in [9.17, 15) is 0 Å². The minimum atomic E-state index is 0.0916. The fraction of sp³-hybridized carbons (Fsp3) is 0.500. The smallest absolute Gasteiger partial charge is 0.143 e. The van der Waals surface area contributed by atoms with Gasteiger partial charge in [-0.05, 0) is 30.9 Å². The summed E-state index contributed by atoms with van der Waals surface area (Å²) in [6.07, 6.45) is 2.49. The molecule has 0 radical (unpaired) electrons. The van der Waals surface area contributed by atoms with E-state index in [0.29, 0.717) is 5.92 Å². The summed E-state index contributed by atoms with van der Waals surface area (Å²) in [5.74, 6) is 1.70. The molecule has 14 heavy (non-hydrogen) atoms. The number of ether oxygens (including phenoxy) is 1. The molecule has 0 saturated heterocycles. The van der Waals surface area contributed by atoms with Crippen LogP contribution in [0.25, 0.3) is 0 Å². The van der Waals surface area contributed by atoms with Gasteiger partial charge in [0.15, 0.2) is 0 Å². The highest BCUT2D eigenvalue weighted by Crippen LogP contribution is 2.46. The van der Waals surface area contributed by atoms with Crippen molar-refractivity contribution in [1.29, 1.82) is 0 Å². The molecule has 3 rings (SSSR count). The van der Waals surface area contributed by atoms with Gasteiger partial charge in [-0.15, -0.1) is 0 Å². The molecule has 1 saturated carbocycles. The summed E-state index contributed by atoms with van der Waals surface area (Å²) in [7, 11) is 0. The number of hydrogen-bond donors (Lipinski definition) is 1. The first-order valence-electron chi connectivity index (χ1n) is 5.32. The standard InChI is InChI=1S/C12H15NO/c1-9-6-7-12(9)8-13-10-4-2-3-5-11(10)14-12/h2-5,9,13H,6-8H2,1H3. The van der Waals surface area contributed by atoms with Crippen LogP contribution in [0.15, 0.2) is 24.3 Å². The molecular formula is C12H15NO. The molecule has 2 heteroatoms.